The molecule has 9 atom stereocenters. The molecule has 32 heavy (non-hydrogen) atoms. The van der Waals surface area contributed by atoms with Gasteiger partial charge in [0.05, 0.1) is 12.7 Å². The van der Waals surface area contributed by atoms with Crippen LogP contribution in [0.3, 0.4) is 0 Å². The third-order valence-corrected chi connectivity index (χ3v) is 13.9. The molecule has 0 unspecified atom stereocenters. The maximum Gasteiger partial charge on any atom is 0.138 e. The van der Waals surface area contributed by atoms with Crippen molar-refractivity contribution < 1.29 is 9.53 Å². The van der Waals surface area contributed by atoms with Crippen LogP contribution in [0.2, 0.25) is 0 Å². The molecule has 1 saturated heterocycles. The zero-order chi connectivity index (χ0) is 22.9. The molecule has 6 aliphatic rings. The predicted molar refractivity (Wildman–Crippen MR) is 129 cm³/mol. The van der Waals surface area contributed by atoms with E-state index in [2.05, 4.69) is 48.5 Å². The molecule has 0 amide bonds. The molecule has 6 fully saturated rings. The molecule has 0 aromatic heterocycles. The van der Waals surface area contributed by atoms with E-state index >= 15 is 0 Å². The fraction of sp³-hybridized carbons (Fsp3) is 0.967. The molecule has 2 nitrogen and oxygen atoms in total. The first-order chi connectivity index (χ1) is 14.8. The summed E-state index contributed by atoms with van der Waals surface area (Å²) in [6.07, 6.45) is 13.3. The van der Waals surface area contributed by atoms with Gasteiger partial charge in [-0.15, -0.1) is 0 Å². The smallest absolute Gasteiger partial charge is 0.138 e. The molecule has 1 heterocycles. The minimum absolute atomic E-state index is 0.136. The molecular formula is C30H48O2. The maximum atomic E-state index is 12.9. The summed E-state index contributed by atoms with van der Waals surface area (Å²) < 4.78 is 6.70. The summed E-state index contributed by atoms with van der Waals surface area (Å²) in [6.45, 7) is 18.6. The van der Waals surface area contributed by atoms with E-state index in [-0.39, 0.29) is 5.41 Å². The summed E-state index contributed by atoms with van der Waals surface area (Å²) in [5.41, 5.74) is 1.83. The van der Waals surface area contributed by atoms with Crippen LogP contribution in [0.15, 0.2) is 0 Å². The average molecular weight is 441 g/mol. The number of hydrogen-bond acceptors (Lipinski definition) is 2. The van der Waals surface area contributed by atoms with E-state index in [0.29, 0.717) is 44.9 Å². The lowest BCUT2D eigenvalue weighted by Crippen LogP contribution is -2.67. The second-order valence-electron chi connectivity index (χ2n) is 15.4. The first-order valence-corrected chi connectivity index (χ1v) is 14.0. The van der Waals surface area contributed by atoms with E-state index in [1.807, 2.05) is 0 Å². The van der Waals surface area contributed by atoms with Crippen molar-refractivity contribution in [2.24, 2.45) is 56.2 Å². The highest BCUT2D eigenvalue weighted by atomic mass is 16.5. The average Bonchev–Trinajstić information content (AvgIpc) is 3.05. The molecule has 5 saturated carbocycles. The van der Waals surface area contributed by atoms with Gasteiger partial charge in [-0.05, 0) is 109 Å². The third-order valence-electron chi connectivity index (χ3n) is 13.9. The molecule has 1 aliphatic heterocycles. The summed E-state index contributed by atoms with van der Waals surface area (Å²) in [7, 11) is 0. The Morgan fingerprint density at radius 2 is 1.47 bits per heavy atom. The molecule has 0 aromatic carbocycles. The SMILES string of the molecule is CC1(C)CC[C@]23CC[C@]4(C)[C@H](CC[C@H]5[C@@]6(C)CCC(=O)C(C)(C)[C@H]6CC[C@]54C)[C@@H]2[C@H]1OC3. The molecule has 0 N–H and O–H groups in total. The fourth-order valence-electron chi connectivity index (χ4n) is 11.8. The Morgan fingerprint density at radius 3 is 2.22 bits per heavy atom. The minimum Gasteiger partial charge on any atom is -0.377 e. The molecule has 0 radical (unpaired) electrons. The first kappa shape index (κ1) is 22.1. The van der Waals surface area contributed by atoms with E-state index in [9.17, 15) is 4.79 Å². The number of hydrogen-bond donors (Lipinski definition) is 0. The highest BCUT2D eigenvalue weighted by Gasteiger charge is 2.72. The van der Waals surface area contributed by atoms with Gasteiger partial charge < -0.3 is 4.74 Å². The van der Waals surface area contributed by atoms with Crippen LogP contribution in [0.1, 0.15) is 113 Å². The Kier molecular flexibility index (Phi) is 4.31. The second kappa shape index (κ2) is 6.24. The second-order valence-corrected chi connectivity index (χ2v) is 15.4. The number of carbonyl (C=O) groups is 1. The Morgan fingerprint density at radius 1 is 0.750 bits per heavy atom. The molecule has 2 heteroatoms. The topological polar surface area (TPSA) is 26.3 Å². The lowest BCUT2D eigenvalue weighted by Gasteiger charge is -2.72. The van der Waals surface area contributed by atoms with Crippen molar-refractivity contribution in [2.45, 2.75) is 119 Å². The summed E-state index contributed by atoms with van der Waals surface area (Å²) in [5.74, 6) is 3.46. The summed E-state index contributed by atoms with van der Waals surface area (Å²) in [4.78, 5) is 12.9. The van der Waals surface area contributed by atoms with Gasteiger partial charge in [0.2, 0.25) is 0 Å². The molecule has 180 valence electrons. The van der Waals surface area contributed by atoms with Gasteiger partial charge in [-0.25, -0.2) is 0 Å². The predicted octanol–water partition coefficient (Wildman–Crippen LogP) is 7.45. The van der Waals surface area contributed by atoms with Gasteiger partial charge in [0.1, 0.15) is 5.78 Å². The van der Waals surface area contributed by atoms with Gasteiger partial charge in [0.25, 0.3) is 0 Å². The highest BCUT2D eigenvalue weighted by molar-refractivity contribution is 5.85. The van der Waals surface area contributed by atoms with E-state index in [0.717, 1.165) is 37.2 Å². The number of fused-ring (bicyclic) bond motifs is 5. The van der Waals surface area contributed by atoms with Crippen LogP contribution in [0.25, 0.3) is 0 Å². The molecule has 5 aliphatic carbocycles. The number of carbonyl (C=O) groups excluding carboxylic acids is 1. The minimum atomic E-state index is -0.136. The van der Waals surface area contributed by atoms with Crippen LogP contribution in [-0.2, 0) is 9.53 Å². The highest BCUT2D eigenvalue weighted by Crippen LogP contribution is 2.77. The van der Waals surface area contributed by atoms with Crippen LogP contribution in [0, 0.1) is 56.2 Å². The monoisotopic (exact) mass is 440 g/mol. The van der Waals surface area contributed by atoms with Crippen molar-refractivity contribution in [3.8, 4) is 0 Å². The van der Waals surface area contributed by atoms with Crippen molar-refractivity contribution in [3.63, 3.8) is 0 Å². The Labute approximate surface area is 197 Å². The van der Waals surface area contributed by atoms with Crippen LogP contribution in [-0.4, -0.2) is 18.5 Å². The van der Waals surface area contributed by atoms with Crippen LogP contribution >= 0.6 is 0 Å². The van der Waals surface area contributed by atoms with Crippen molar-refractivity contribution in [3.05, 3.63) is 0 Å². The molecule has 2 bridgehead atoms. The Bertz CT molecular complexity index is 842. The number of Topliss-reactive ketones (excluding diaryl/α,β-unsaturated/α-hetero) is 1. The van der Waals surface area contributed by atoms with Crippen molar-refractivity contribution in [2.75, 3.05) is 6.61 Å². The van der Waals surface area contributed by atoms with Gasteiger partial charge in [0, 0.05) is 11.8 Å². The summed E-state index contributed by atoms with van der Waals surface area (Å²) >= 11 is 0. The van der Waals surface area contributed by atoms with Crippen molar-refractivity contribution in [1.82, 2.24) is 0 Å². The molecular weight excluding hydrogens is 392 g/mol. The normalized spacial score (nSPS) is 57.7. The third kappa shape index (κ3) is 2.35. The zero-order valence-corrected chi connectivity index (χ0v) is 22.0. The molecule has 6 rings (SSSR count). The lowest BCUT2D eigenvalue weighted by molar-refractivity contribution is -0.239. The molecule has 0 spiro atoms. The van der Waals surface area contributed by atoms with Gasteiger partial charge >= 0.3 is 0 Å². The van der Waals surface area contributed by atoms with Crippen LogP contribution in [0.5, 0.6) is 0 Å². The lowest BCUT2D eigenvalue weighted by atomic mass is 9.31. The first-order valence-electron chi connectivity index (χ1n) is 14.0. The standard InChI is InChI=1S/C30H48O2/c1-25(2)14-16-30-17-15-28(6)19(23(30)24(25)32-18-30)8-9-21-27(5)12-11-22(31)26(3,4)20(27)10-13-29(21,28)7/h19-21,23-24H,8-18H2,1-7H3/t19-,20-,21+,23-,24-,27+,28-,29-,30-/m1/s1. The maximum absolute atomic E-state index is 12.9. The number of ether oxygens (including phenoxy) is 1. The number of ketones is 1. The van der Waals surface area contributed by atoms with Gasteiger partial charge in [0.15, 0.2) is 0 Å². The quantitative estimate of drug-likeness (QED) is 0.391. The summed E-state index contributed by atoms with van der Waals surface area (Å²) in [6, 6.07) is 0. The zero-order valence-electron chi connectivity index (χ0n) is 22.0. The van der Waals surface area contributed by atoms with E-state index in [1.54, 1.807) is 0 Å². The number of rotatable bonds is 0. The van der Waals surface area contributed by atoms with E-state index in [1.165, 1.54) is 51.4 Å². The van der Waals surface area contributed by atoms with Crippen molar-refractivity contribution >= 4 is 5.78 Å². The van der Waals surface area contributed by atoms with E-state index < -0.39 is 0 Å². The van der Waals surface area contributed by atoms with Gasteiger partial charge in [-0.3, -0.25) is 4.79 Å². The van der Waals surface area contributed by atoms with Crippen molar-refractivity contribution in [1.29, 1.82) is 0 Å². The summed E-state index contributed by atoms with van der Waals surface area (Å²) in [5, 5.41) is 0. The van der Waals surface area contributed by atoms with E-state index in [4.69, 9.17) is 4.74 Å². The van der Waals surface area contributed by atoms with Crippen LogP contribution < -0.4 is 0 Å². The largest absolute Gasteiger partial charge is 0.377 e. The van der Waals surface area contributed by atoms with Crippen LogP contribution in [0.4, 0.5) is 0 Å². The van der Waals surface area contributed by atoms with Gasteiger partial charge in [-0.2, -0.15) is 0 Å². The van der Waals surface area contributed by atoms with Gasteiger partial charge in [-0.1, -0.05) is 48.5 Å². The Balaban J connectivity index is 1.40. The molecule has 0 aromatic rings. The fourth-order valence-corrected chi connectivity index (χ4v) is 11.8. The Hall–Kier alpha value is -0.370.